The summed E-state index contributed by atoms with van der Waals surface area (Å²) >= 11 is 0.0865. The third-order valence-corrected chi connectivity index (χ3v) is 9.14. The molecule has 0 saturated carbocycles. The predicted molar refractivity (Wildman–Crippen MR) is 116 cm³/mol. The summed E-state index contributed by atoms with van der Waals surface area (Å²) in [7, 11) is 0. The van der Waals surface area contributed by atoms with Gasteiger partial charge in [0.05, 0.1) is 0 Å². The number of hydrogen-bond acceptors (Lipinski definition) is 3. The van der Waals surface area contributed by atoms with Crippen LogP contribution >= 0.6 is 0 Å². The standard InChI is InChI=1S/C25H20O3Se/c1-25(2)21(29-20-13-7-9-15-8-3-4-10-16(15)20)14-19-23(27)22(26)17-11-5-6-12-18(17)24(19)28-25/h3-13,21H,14H2,1-2H3. The topological polar surface area (TPSA) is 43.4 Å². The van der Waals surface area contributed by atoms with Gasteiger partial charge in [-0.25, -0.2) is 0 Å². The zero-order valence-corrected chi connectivity index (χ0v) is 18.0. The van der Waals surface area contributed by atoms with Crippen LogP contribution in [0.3, 0.4) is 0 Å². The Morgan fingerprint density at radius 2 is 1.55 bits per heavy atom. The van der Waals surface area contributed by atoms with Gasteiger partial charge in [0.1, 0.15) is 0 Å². The molecule has 3 aromatic carbocycles. The number of ether oxygens (including phenoxy) is 1. The molecule has 29 heavy (non-hydrogen) atoms. The van der Waals surface area contributed by atoms with E-state index in [4.69, 9.17) is 4.74 Å². The quantitative estimate of drug-likeness (QED) is 0.434. The first-order valence-corrected chi connectivity index (χ1v) is 11.6. The van der Waals surface area contributed by atoms with Gasteiger partial charge in [-0.05, 0) is 0 Å². The number of Topliss-reactive ketones (excluding diaryl/α,β-unsaturated/α-hetero) is 2. The maximum absolute atomic E-state index is 12.9. The zero-order chi connectivity index (χ0) is 20.2. The molecule has 0 aromatic heterocycles. The molecule has 0 fully saturated rings. The van der Waals surface area contributed by atoms with Crippen LogP contribution in [0.5, 0.6) is 0 Å². The summed E-state index contributed by atoms with van der Waals surface area (Å²) in [5, 5.41) is 2.47. The average molecular weight is 447 g/mol. The first-order valence-electron chi connectivity index (χ1n) is 9.71. The third-order valence-electron chi connectivity index (χ3n) is 5.72. The summed E-state index contributed by atoms with van der Waals surface area (Å²) in [5.74, 6) is -0.229. The Hall–Kier alpha value is -2.68. The average Bonchev–Trinajstić information content (AvgIpc) is 2.73. The number of allylic oxidation sites excluding steroid dienone is 1. The molecule has 144 valence electrons. The summed E-state index contributed by atoms with van der Waals surface area (Å²) < 4.78 is 7.74. The monoisotopic (exact) mass is 448 g/mol. The molecule has 5 rings (SSSR count). The van der Waals surface area contributed by atoms with Crippen LogP contribution in [0.1, 0.15) is 36.2 Å². The fraction of sp³-hybridized carbons (Fsp3) is 0.200. The van der Waals surface area contributed by atoms with Gasteiger partial charge in [-0.1, -0.05) is 0 Å². The fourth-order valence-electron chi connectivity index (χ4n) is 4.10. The van der Waals surface area contributed by atoms with E-state index in [-0.39, 0.29) is 19.8 Å². The number of hydrogen-bond donors (Lipinski definition) is 0. The van der Waals surface area contributed by atoms with Gasteiger partial charge in [-0.15, -0.1) is 0 Å². The van der Waals surface area contributed by atoms with Crippen LogP contribution in [-0.4, -0.2) is 32.1 Å². The molecule has 1 aliphatic carbocycles. The minimum absolute atomic E-state index is 0.0865. The van der Waals surface area contributed by atoms with Crippen molar-refractivity contribution in [2.45, 2.75) is 30.7 Å². The van der Waals surface area contributed by atoms with Crippen molar-refractivity contribution in [2.75, 3.05) is 0 Å². The van der Waals surface area contributed by atoms with Crippen molar-refractivity contribution < 1.29 is 14.3 Å². The molecule has 1 heterocycles. The van der Waals surface area contributed by atoms with Crippen LogP contribution in [-0.2, 0) is 9.53 Å². The molecular weight excluding hydrogens is 427 g/mol. The van der Waals surface area contributed by atoms with Gasteiger partial charge in [0.25, 0.3) is 0 Å². The Bertz CT molecular complexity index is 1200. The van der Waals surface area contributed by atoms with E-state index in [0.717, 1.165) is 5.56 Å². The SMILES string of the molecule is CC1(C)OC2=C(CC1[Se]c1cccc3ccccc13)C(=O)C(=O)c1ccccc12. The van der Waals surface area contributed by atoms with E-state index in [1.807, 2.05) is 18.2 Å². The first-order chi connectivity index (χ1) is 14.0. The van der Waals surface area contributed by atoms with Crippen LogP contribution < -0.4 is 4.46 Å². The van der Waals surface area contributed by atoms with Gasteiger partial charge in [-0.2, -0.15) is 0 Å². The third kappa shape index (κ3) is 2.95. The van der Waals surface area contributed by atoms with Crippen LogP contribution in [0.25, 0.3) is 16.5 Å². The molecule has 0 amide bonds. The molecule has 0 saturated heterocycles. The van der Waals surface area contributed by atoms with Gasteiger partial charge >= 0.3 is 176 Å². The van der Waals surface area contributed by atoms with Crippen LogP contribution in [0, 0.1) is 0 Å². The molecule has 0 spiro atoms. The summed E-state index contributed by atoms with van der Waals surface area (Å²) in [6.45, 7) is 4.19. The van der Waals surface area contributed by atoms with Crippen molar-refractivity contribution >= 4 is 47.5 Å². The number of carbonyl (C=O) groups excluding carboxylic acids is 2. The number of carbonyl (C=O) groups is 2. The van der Waals surface area contributed by atoms with E-state index in [1.54, 1.807) is 12.1 Å². The van der Waals surface area contributed by atoms with Crippen molar-refractivity contribution in [1.29, 1.82) is 0 Å². The number of fused-ring (bicyclic) bond motifs is 3. The molecule has 0 bridgehead atoms. The van der Waals surface area contributed by atoms with Crippen molar-refractivity contribution in [1.82, 2.24) is 0 Å². The van der Waals surface area contributed by atoms with Crippen LogP contribution in [0.15, 0.2) is 72.3 Å². The van der Waals surface area contributed by atoms with Crippen molar-refractivity contribution in [2.24, 2.45) is 0 Å². The molecule has 3 aromatic rings. The Balaban J connectivity index is 1.57. The zero-order valence-electron chi connectivity index (χ0n) is 16.3. The van der Waals surface area contributed by atoms with Crippen molar-refractivity contribution in [3.63, 3.8) is 0 Å². The Labute approximate surface area is 175 Å². The Kier molecular flexibility index (Phi) is 4.23. The van der Waals surface area contributed by atoms with Gasteiger partial charge in [0.15, 0.2) is 0 Å². The molecule has 2 aliphatic rings. The second kappa shape index (κ2) is 6.69. The van der Waals surface area contributed by atoms with Gasteiger partial charge in [-0.3, -0.25) is 0 Å². The summed E-state index contributed by atoms with van der Waals surface area (Å²) in [6.07, 6.45) is 0.574. The maximum atomic E-state index is 12.9. The normalized spacial score (nSPS) is 20.3. The summed E-state index contributed by atoms with van der Waals surface area (Å²) in [6, 6.07) is 22.0. The van der Waals surface area contributed by atoms with Gasteiger partial charge < -0.3 is 0 Å². The minimum atomic E-state index is -0.427. The first kappa shape index (κ1) is 18.4. The van der Waals surface area contributed by atoms with E-state index >= 15 is 0 Å². The molecule has 0 N–H and O–H groups in total. The van der Waals surface area contributed by atoms with Gasteiger partial charge in [0.2, 0.25) is 0 Å². The molecular formula is C25H20O3Se. The van der Waals surface area contributed by atoms with Crippen molar-refractivity contribution in [3.8, 4) is 0 Å². The second-order valence-corrected chi connectivity index (χ2v) is 10.6. The van der Waals surface area contributed by atoms with Gasteiger partial charge in [0, 0.05) is 0 Å². The second-order valence-electron chi connectivity index (χ2n) is 8.00. The van der Waals surface area contributed by atoms with Crippen molar-refractivity contribution in [3.05, 3.63) is 83.4 Å². The number of ketones is 2. The molecule has 0 radical (unpaired) electrons. The van der Waals surface area contributed by atoms with E-state index in [0.29, 0.717) is 23.3 Å². The Morgan fingerprint density at radius 3 is 2.38 bits per heavy atom. The molecule has 1 unspecified atom stereocenters. The van der Waals surface area contributed by atoms with E-state index in [2.05, 4.69) is 50.2 Å². The number of benzene rings is 3. The summed E-state index contributed by atoms with van der Waals surface area (Å²) in [5.41, 5.74) is 1.31. The summed E-state index contributed by atoms with van der Waals surface area (Å²) in [4.78, 5) is 25.7. The van der Waals surface area contributed by atoms with E-state index in [1.165, 1.54) is 15.2 Å². The molecule has 4 heteroatoms. The van der Waals surface area contributed by atoms with Crippen LogP contribution in [0.2, 0.25) is 4.82 Å². The number of rotatable bonds is 2. The van der Waals surface area contributed by atoms with E-state index in [9.17, 15) is 9.59 Å². The molecule has 3 nitrogen and oxygen atoms in total. The molecule has 1 aliphatic heterocycles. The Morgan fingerprint density at radius 1 is 0.862 bits per heavy atom. The predicted octanol–water partition coefficient (Wildman–Crippen LogP) is 4.33. The fourth-order valence-corrected chi connectivity index (χ4v) is 6.95. The van der Waals surface area contributed by atoms with E-state index < -0.39 is 17.2 Å². The molecule has 1 atom stereocenters. The van der Waals surface area contributed by atoms with Crippen LogP contribution in [0.4, 0.5) is 0 Å².